The highest BCUT2D eigenvalue weighted by Gasteiger charge is 2.17. The van der Waals surface area contributed by atoms with Gasteiger partial charge in [0.15, 0.2) is 6.29 Å². The van der Waals surface area contributed by atoms with Gasteiger partial charge in [0.05, 0.1) is 18.1 Å². The molecule has 1 saturated heterocycles. The van der Waals surface area contributed by atoms with Crippen molar-refractivity contribution in [2.45, 2.75) is 51.9 Å². The zero-order valence-corrected chi connectivity index (χ0v) is 15.7. The molecule has 9 heteroatoms. The summed E-state index contributed by atoms with van der Waals surface area (Å²) in [6, 6.07) is -0.509. The van der Waals surface area contributed by atoms with Gasteiger partial charge in [0, 0.05) is 19.1 Å². The van der Waals surface area contributed by atoms with Crippen LogP contribution in [0, 0.1) is 5.92 Å². The van der Waals surface area contributed by atoms with Crippen LogP contribution in [0.4, 0.5) is 5.82 Å². The quantitative estimate of drug-likeness (QED) is 0.438. The van der Waals surface area contributed by atoms with E-state index >= 15 is 0 Å². The number of aromatic nitrogens is 2. The number of nitrogens with one attached hydrogen (secondary N) is 2. The lowest BCUT2D eigenvalue weighted by Gasteiger charge is -2.21. The summed E-state index contributed by atoms with van der Waals surface area (Å²) < 4.78 is 5.35. The molecule has 2 atom stereocenters. The molecule has 2 amide bonds. The number of amides is 2. The van der Waals surface area contributed by atoms with E-state index in [-0.39, 0.29) is 0 Å². The third-order valence-electron chi connectivity index (χ3n) is 3.88. The zero-order chi connectivity index (χ0) is 19.6. The van der Waals surface area contributed by atoms with Crippen molar-refractivity contribution in [3.63, 3.8) is 0 Å². The topological polar surface area (TPSA) is 128 Å². The molecule has 0 saturated carbocycles. The predicted octanol–water partition coefficient (Wildman–Crippen LogP) is 1.38. The fraction of sp³-hybridized carbons (Fsp3) is 0.556. The zero-order valence-electron chi connectivity index (χ0n) is 15.7. The lowest BCUT2D eigenvalue weighted by molar-refractivity contribution is -0.198. The first-order valence-corrected chi connectivity index (χ1v) is 9.07. The third-order valence-corrected chi connectivity index (χ3v) is 3.88. The number of nitrogens with zero attached hydrogens (tertiary/aromatic N) is 2. The van der Waals surface area contributed by atoms with Crippen molar-refractivity contribution in [3.05, 3.63) is 24.2 Å². The Morgan fingerprint density at radius 2 is 2.19 bits per heavy atom. The molecular weight excluding hydrogens is 350 g/mol. The highest BCUT2D eigenvalue weighted by atomic mass is 16.8. The molecule has 148 valence electrons. The predicted molar refractivity (Wildman–Crippen MR) is 99.9 cm³/mol. The molecule has 1 aromatic heterocycles. The molecule has 1 fully saturated rings. The van der Waals surface area contributed by atoms with Crippen LogP contribution in [-0.4, -0.2) is 40.7 Å². The Hall–Kier alpha value is -2.52. The molecule has 1 unspecified atom stereocenters. The summed E-state index contributed by atoms with van der Waals surface area (Å²) >= 11 is 0. The highest BCUT2D eigenvalue weighted by molar-refractivity contribution is 5.90. The summed E-state index contributed by atoms with van der Waals surface area (Å²) in [6.07, 6.45) is 8.77. The third kappa shape index (κ3) is 7.71. The molecule has 27 heavy (non-hydrogen) atoms. The highest BCUT2D eigenvalue weighted by Crippen LogP contribution is 2.13. The summed E-state index contributed by atoms with van der Waals surface area (Å²) in [4.78, 5) is 36.8. The maximum atomic E-state index is 11.8. The lowest BCUT2D eigenvalue weighted by Crippen LogP contribution is -2.36. The van der Waals surface area contributed by atoms with Gasteiger partial charge in [-0.3, -0.25) is 14.6 Å². The van der Waals surface area contributed by atoms with Crippen molar-refractivity contribution in [1.82, 2.24) is 15.4 Å². The van der Waals surface area contributed by atoms with Crippen LogP contribution >= 0.6 is 0 Å². The fourth-order valence-electron chi connectivity index (χ4n) is 2.52. The van der Waals surface area contributed by atoms with Crippen LogP contribution < -0.4 is 16.5 Å². The minimum atomic E-state index is -0.509. The van der Waals surface area contributed by atoms with E-state index in [1.165, 1.54) is 24.5 Å². The number of nitrogens with two attached hydrogens (primary N) is 1. The van der Waals surface area contributed by atoms with Crippen molar-refractivity contribution in [3.8, 4) is 0 Å². The van der Waals surface area contributed by atoms with Gasteiger partial charge in [-0.25, -0.2) is 15.3 Å². The van der Waals surface area contributed by atoms with Crippen LogP contribution in [-0.2, 0) is 19.2 Å². The Bertz CT molecular complexity index is 642. The number of primary amides is 1. The van der Waals surface area contributed by atoms with E-state index in [4.69, 9.17) is 15.3 Å². The van der Waals surface area contributed by atoms with Crippen molar-refractivity contribution >= 4 is 23.7 Å². The van der Waals surface area contributed by atoms with Gasteiger partial charge in [-0.15, -0.1) is 0 Å². The minimum Gasteiger partial charge on any atom is -0.368 e. The molecule has 1 aliphatic heterocycles. The van der Waals surface area contributed by atoms with Crippen LogP contribution in [0.5, 0.6) is 0 Å². The van der Waals surface area contributed by atoms with Crippen LogP contribution in [0.1, 0.15) is 45.2 Å². The maximum Gasteiger partial charge on any atom is 0.267 e. The SMILES string of the molecule is CC(C)C[C@@H](Nc1cnc(/C=C/C(=O)NOC2CCCCO2)cn1)C(N)=O. The molecule has 1 aliphatic rings. The largest absolute Gasteiger partial charge is 0.368 e. The molecule has 2 heterocycles. The first-order chi connectivity index (χ1) is 12.9. The van der Waals surface area contributed by atoms with E-state index in [1.54, 1.807) is 0 Å². The van der Waals surface area contributed by atoms with Crippen molar-refractivity contribution in [2.75, 3.05) is 11.9 Å². The monoisotopic (exact) mass is 377 g/mol. The van der Waals surface area contributed by atoms with Gasteiger partial charge in [0.25, 0.3) is 5.91 Å². The summed E-state index contributed by atoms with van der Waals surface area (Å²) in [5.74, 6) is -0.101. The summed E-state index contributed by atoms with van der Waals surface area (Å²) in [6.45, 7) is 4.65. The number of carbonyl (C=O) groups excluding carboxylic acids is 2. The van der Waals surface area contributed by atoms with E-state index in [0.717, 1.165) is 19.3 Å². The Kier molecular flexibility index (Phi) is 8.15. The molecule has 2 rings (SSSR count). The number of hydrogen-bond donors (Lipinski definition) is 3. The second-order valence-corrected chi connectivity index (χ2v) is 6.77. The van der Waals surface area contributed by atoms with Crippen molar-refractivity contribution in [2.24, 2.45) is 11.7 Å². The van der Waals surface area contributed by atoms with Gasteiger partial charge in [0.1, 0.15) is 11.9 Å². The van der Waals surface area contributed by atoms with E-state index in [2.05, 4.69) is 20.8 Å². The maximum absolute atomic E-state index is 11.8. The van der Waals surface area contributed by atoms with Gasteiger partial charge >= 0.3 is 0 Å². The Morgan fingerprint density at radius 3 is 2.78 bits per heavy atom. The normalized spacial score (nSPS) is 18.4. The van der Waals surface area contributed by atoms with Crippen LogP contribution in [0.15, 0.2) is 18.5 Å². The van der Waals surface area contributed by atoms with Crippen LogP contribution in [0.25, 0.3) is 6.08 Å². The number of ether oxygens (including phenoxy) is 1. The molecule has 4 N–H and O–H groups in total. The molecule has 0 aromatic carbocycles. The summed E-state index contributed by atoms with van der Waals surface area (Å²) in [5.41, 5.74) is 8.22. The number of hydrogen-bond acceptors (Lipinski definition) is 7. The molecule has 1 aromatic rings. The standard InChI is InChI=1S/C18H27N5O4/c1-12(2)9-14(18(19)25)22-15-11-20-13(10-21-15)6-7-16(24)23-27-17-5-3-4-8-26-17/h6-7,10-12,14,17H,3-5,8-9H2,1-2H3,(H2,19,25)(H,21,22)(H,23,24)/b7-6+/t14-,17?/m1/s1. The summed E-state index contributed by atoms with van der Waals surface area (Å²) in [5, 5.41) is 2.97. The minimum absolute atomic E-state index is 0.310. The molecule has 0 aliphatic carbocycles. The Labute approximate surface area is 158 Å². The van der Waals surface area contributed by atoms with Crippen molar-refractivity contribution < 1.29 is 19.2 Å². The van der Waals surface area contributed by atoms with Gasteiger partial charge in [0.2, 0.25) is 5.91 Å². The Morgan fingerprint density at radius 1 is 1.37 bits per heavy atom. The smallest absolute Gasteiger partial charge is 0.267 e. The fourth-order valence-corrected chi connectivity index (χ4v) is 2.52. The van der Waals surface area contributed by atoms with Gasteiger partial charge in [-0.05, 0) is 31.3 Å². The van der Waals surface area contributed by atoms with Gasteiger partial charge in [-0.1, -0.05) is 13.8 Å². The second-order valence-electron chi connectivity index (χ2n) is 6.77. The van der Waals surface area contributed by atoms with Gasteiger partial charge < -0.3 is 15.8 Å². The van der Waals surface area contributed by atoms with Crippen LogP contribution in [0.3, 0.4) is 0 Å². The summed E-state index contributed by atoms with van der Waals surface area (Å²) in [7, 11) is 0. The molecule has 9 nitrogen and oxygen atoms in total. The molecule has 0 radical (unpaired) electrons. The van der Waals surface area contributed by atoms with E-state index in [1.807, 2.05) is 13.8 Å². The molecular formula is C18H27N5O4. The van der Waals surface area contributed by atoms with E-state index < -0.39 is 24.1 Å². The number of hydroxylamine groups is 1. The van der Waals surface area contributed by atoms with Gasteiger partial charge in [-0.2, -0.15) is 0 Å². The number of anilines is 1. The Balaban J connectivity index is 1.82. The van der Waals surface area contributed by atoms with E-state index in [9.17, 15) is 9.59 Å². The average molecular weight is 377 g/mol. The first-order valence-electron chi connectivity index (χ1n) is 9.07. The van der Waals surface area contributed by atoms with Crippen molar-refractivity contribution in [1.29, 1.82) is 0 Å². The average Bonchev–Trinajstić information content (AvgIpc) is 2.65. The molecule has 0 bridgehead atoms. The second kappa shape index (κ2) is 10.6. The number of rotatable bonds is 9. The van der Waals surface area contributed by atoms with E-state index in [0.29, 0.717) is 30.5 Å². The van der Waals surface area contributed by atoms with Crippen LogP contribution in [0.2, 0.25) is 0 Å². The molecule has 0 spiro atoms. The number of carbonyl (C=O) groups is 2. The lowest BCUT2D eigenvalue weighted by atomic mass is 10.0. The first kappa shape index (κ1) is 20.8.